The first kappa shape index (κ1) is 19.1. The van der Waals surface area contributed by atoms with E-state index in [0.717, 1.165) is 29.2 Å². The van der Waals surface area contributed by atoms with Gasteiger partial charge in [0.15, 0.2) is 0 Å². The number of likely N-dealkylation sites (tertiary alicyclic amines) is 1. The highest BCUT2D eigenvalue weighted by molar-refractivity contribution is 6.00. The summed E-state index contributed by atoms with van der Waals surface area (Å²) in [6.07, 6.45) is 2.33. The molecule has 3 aromatic rings. The zero-order valence-electron chi connectivity index (χ0n) is 16.1. The minimum atomic E-state index is -0.565. The second kappa shape index (κ2) is 8.43. The maximum atomic E-state index is 13.5. The molecule has 5 heteroatoms. The van der Waals surface area contributed by atoms with Crippen LogP contribution in [0, 0.1) is 5.82 Å². The first-order valence-corrected chi connectivity index (χ1v) is 9.93. The van der Waals surface area contributed by atoms with Crippen LogP contribution in [-0.2, 0) is 11.3 Å². The monoisotopic (exact) mass is 390 g/mol. The fraction of sp³-hybridized carbons (Fsp3) is 0.250. The summed E-state index contributed by atoms with van der Waals surface area (Å²) < 4.78 is 13.5. The van der Waals surface area contributed by atoms with E-state index < -0.39 is 6.04 Å². The van der Waals surface area contributed by atoms with Crippen molar-refractivity contribution in [2.24, 2.45) is 0 Å². The molecule has 148 valence electrons. The quantitative estimate of drug-likeness (QED) is 0.723. The van der Waals surface area contributed by atoms with Crippen LogP contribution < -0.4 is 5.32 Å². The highest BCUT2D eigenvalue weighted by atomic mass is 19.1. The summed E-state index contributed by atoms with van der Waals surface area (Å²) in [5.74, 6) is -0.673. The van der Waals surface area contributed by atoms with Gasteiger partial charge < -0.3 is 10.2 Å². The molecule has 0 spiro atoms. The summed E-state index contributed by atoms with van der Waals surface area (Å²) in [6.45, 7) is 0.955. The van der Waals surface area contributed by atoms with Crippen LogP contribution in [0.2, 0.25) is 0 Å². The second-order valence-corrected chi connectivity index (χ2v) is 7.47. The van der Waals surface area contributed by atoms with Gasteiger partial charge in [0.25, 0.3) is 5.91 Å². The van der Waals surface area contributed by atoms with Crippen molar-refractivity contribution in [3.8, 4) is 0 Å². The van der Waals surface area contributed by atoms with Crippen molar-refractivity contribution in [3.05, 3.63) is 83.7 Å². The van der Waals surface area contributed by atoms with Crippen LogP contribution in [0.5, 0.6) is 0 Å². The van der Waals surface area contributed by atoms with Gasteiger partial charge in [-0.1, -0.05) is 42.5 Å². The summed E-state index contributed by atoms with van der Waals surface area (Å²) in [6, 6.07) is 19.1. The Hall–Kier alpha value is -3.21. The first-order chi connectivity index (χ1) is 14.1. The molecule has 0 saturated carbocycles. The Morgan fingerprint density at radius 2 is 1.83 bits per heavy atom. The summed E-state index contributed by atoms with van der Waals surface area (Å²) >= 11 is 0. The van der Waals surface area contributed by atoms with Gasteiger partial charge in [0.05, 0.1) is 0 Å². The van der Waals surface area contributed by atoms with Gasteiger partial charge in [-0.3, -0.25) is 9.59 Å². The molecule has 1 aliphatic rings. The Labute approximate surface area is 169 Å². The van der Waals surface area contributed by atoms with Crippen LogP contribution in [0.25, 0.3) is 10.8 Å². The van der Waals surface area contributed by atoms with Gasteiger partial charge in [0.1, 0.15) is 11.9 Å². The molecule has 1 fully saturated rings. The van der Waals surface area contributed by atoms with Gasteiger partial charge in [-0.05, 0) is 59.9 Å². The number of fused-ring (bicyclic) bond motifs is 1. The minimum Gasteiger partial charge on any atom is -0.340 e. The highest BCUT2D eigenvalue weighted by Crippen LogP contribution is 2.18. The molecular weight excluding hydrogens is 367 g/mol. The van der Waals surface area contributed by atoms with E-state index in [1.807, 2.05) is 42.5 Å². The predicted octanol–water partition coefficient (Wildman–Crippen LogP) is 4.29. The molecular formula is C24H23FN2O2. The smallest absolute Gasteiger partial charge is 0.251 e. The Kier molecular flexibility index (Phi) is 5.56. The van der Waals surface area contributed by atoms with Gasteiger partial charge in [-0.2, -0.15) is 0 Å². The molecule has 0 radical (unpaired) electrons. The summed E-state index contributed by atoms with van der Waals surface area (Å²) in [7, 11) is 0. The average Bonchev–Trinajstić information content (AvgIpc) is 2.89. The van der Waals surface area contributed by atoms with Crippen molar-refractivity contribution in [3.63, 3.8) is 0 Å². The van der Waals surface area contributed by atoms with Crippen molar-refractivity contribution in [1.82, 2.24) is 10.2 Å². The molecule has 0 bridgehead atoms. The number of hydrogen-bond acceptors (Lipinski definition) is 2. The van der Waals surface area contributed by atoms with Gasteiger partial charge >= 0.3 is 0 Å². The molecule has 1 heterocycles. The Balaban J connectivity index is 1.48. The first-order valence-electron chi connectivity index (χ1n) is 9.93. The second-order valence-electron chi connectivity index (χ2n) is 7.47. The molecule has 4 rings (SSSR count). The zero-order chi connectivity index (χ0) is 20.2. The number of nitrogens with zero attached hydrogens (tertiary/aromatic N) is 1. The van der Waals surface area contributed by atoms with E-state index in [0.29, 0.717) is 25.1 Å². The molecule has 1 N–H and O–H groups in total. The fourth-order valence-electron chi connectivity index (χ4n) is 3.82. The van der Waals surface area contributed by atoms with Crippen LogP contribution in [0.3, 0.4) is 0 Å². The SMILES string of the molecule is O=C(NC1CCCCN(Cc2cccc(F)c2)C1=O)c1ccc2ccccc2c1. The lowest BCUT2D eigenvalue weighted by Crippen LogP contribution is -2.47. The number of hydrogen-bond donors (Lipinski definition) is 1. The number of halogens is 1. The van der Waals surface area contributed by atoms with Crippen molar-refractivity contribution >= 4 is 22.6 Å². The Morgan fingerprint density at radius 1 is 1.00 bits per heavy atom. The van der Waals surface area contributed by atoms with E-state index in [1.165, 1.54) is 12.1 Å². The van der Waals surface area contributed by atoms with E-state index in [1.54, 1.807) is 17.0 Å². The minimum absolute atomic E-state index is 0.110. The summed E-state index contributed by atoms with van der Waals surface area (Å²) in [5, 5.41) is 4.96. The number of amides is 2. The maximum absolute atomic E-state index is 13.5. The number of rotatable bonds is 4. The van der Waals surface area contributed by atoms with Crippen LogP contribution in [-0.4, -0.2) is 29.3 Å². The lowest BCUT2D eigenvalue weighted by Gasteiger charge is -2.25. The molecule has 1 saturated heterocycles. The molecule has 1 atom stereocenters. The standard InChI is InChI=1S/C24H23FN2O2/c25-21-9-5-6-17(14-21)16-27-13-4-3-10-22(24(27)29)26-23(28)20-12-11-18-7-1-2-8-19(18)15-20/h1-2,5-9,11-12,14-15,22H,3-4,10,13,16H2,(H,26,28). The van der Waals surface area contributed by atoms with Gasteiger partial charge in [0, 0.05) is 18.7 Å². The van der Waals surface area contributed by atoms with Gasteiger partial charge in [0.2, 0.25) is 5.91 Å². The normalized spacial score (nSPS) is 17.2. The maximum Gasteiger partial charge on any atom is 0.251 e. The van der Waals surface area contributed by atoms with Gasteiger partial charge in [-0.25, -0.2) is 4.39 Å². The molecule has 2 amide bonds. The van der Waals surface area contributed by atoms with E-state index in [4.69, 9.17) is 0 Å². The number of carbonyl (C=O) groups excluding carboxylic acids is 2. The highest BCUT2D eigenvalue weighted by Gasteiger charge is 2.28. The average molecular weight is 390 g/mol. The van der Waals surface area contributed by atoms with Crippen LogP contribution in [0.15, 0.2) is 66.7 Å². The van der Waals surface area contributed by atoms with Crippen molar-refractivity contribution < 1.29 is 14.0 Å². The largest absolute Gasteiger partial charge is 0.340 e. The number of benzene rings is 3. The molecule has 0 aliphatic carbocycles. The third-order valence-corrected chi connectivity index (χ3v) is 5.36. The number of nitrogens with one attached hydrogen (secondary N) is 1. The van der Waals surface area contributed by atoms with Crippen LogP contribution in [0.1, 0.15) is 35.2 Å². The molecule has 0 aromatic heterocycles. The van der Waals surface area contributed by atoms with E-state index in [-0.39, 0.29) is 17.6 Å². The summed E-state index contributed by atoms with van der Waals surface area (Å²) in [5.41, 5.74) is 1.29. The molecule has 1 aliphatic heterocycles. The summed E-state index contributed by atoms with van der Waals surface area (Å²) in [4.78, 5) is 27.5. The molecule has 3 aromatic carbocycles. The number of carbonyl (C=O) groups is 2. The van der Waals surface area contributed by atoms with E-state index in [2.05, 4.69) is 5.32 Å². The molecule has 29 heavy (non-hydrogen) atoms. The third-order valence-electron chi connectivity index (χ3n) is 5.36. The van der Waals surface area contributed by atoms with Crippen molar-refractivity contribution in [2.75, 3.05) is 6.54 Å². The molecule has 4 nitrogen and oxygen atoms in total. The lowest BCUT2D eigenvalue weighted by molar-refractivity contribution is -0.133. The van der Waals surface area contributed by atoms with Gasteiger partial charge in [-0.15, -0.1) is 0 Å². The Bertz CT molecular complexity index is 1050. The zero-order valence-corrected chi connectivity index (χ0v) is 16.1. The lowest BCUT2D eigenvalue weighted by atomic mass is 10.1. The van der Waals surface area contributed by atoms with E-state index in [9.17, 15) is 14.0 Å². The third kappa shape index (κ3) is 4.45. The van der Waals surface area contributed by atoms with E-state index >= 15 is 0 Å². The van der Waals surface area contributed by atoms with Crippen LogP contribution >= 0.6 is 0 Å². The van der Waals surface area contributed by atoms with Crippen molar-refractivity contribution in [2.45, 2.75) is 31.8 Å². The Morgan fingerprint density at radius 3 is 2.66 bits per heavy atom. The fourth-order valence-corrected chi connectivity index (χ4v) is 3.82. The molecule has 1 unspecified atom stereocenters. The topological polar surface area (TPSA) is 49.4 Å². The van der Waals surface area contributed by atoms with Crippen molar-refractivity contribution in [1.29, 1.82) is 0 Å². The predicted molar refractivity (Wildman–Crippen MR) is 111 cm³/mol. The van der Waals surface area contributed by atoms with Crippen LogP contribution in [0.4, 0.5) is 4.39 Å².